The van der Waals surface area contributed by atoms with Crippen LogP contribution >= 0.6 is 0 Å². The van der Waals surface area contributed by atoms with Gasteiger partial charge in [-0.1, -0.05) is 347 Å². The molecule has 694 valence electrons. The van der Waals surface area contributed by atoms with E-state index in [-0.39, 0.29) is 67.6 Å². The van der Waals surface area contributed by atoms with E-state index in [0.29, 0.717) is 11.8 Å². The van der Waals surface area contributed by atoms with Crippen molar-refractivity contribution in [3.63, 3.8) is 0 Å². The fraction of sp³-hybridized carbons (Fsp3) is 0.323. The van der Waals surface area contributed by atoms with Gasteiger partial charge in [-0.25, -0.2) is 9.97 Å². The maximum atomic E-state index is 6.89. The highest BCUT2D eigenvalue weighted by molar-refractivity contribution is 7.01. The molecule has 4 aliphatic rings. The first-order chi connectivity index (χ1) is 64.1. The lowest BCUT2D eigenvalue weighted by Crippen LogP contribution is -2.61. The molecule has 14 aromatic carbocycles. The zero-order valence-electron chi connectivity index (χ0n) is 87.1. The van der Waals surface area contributed by atoms with E-state index in [0.717, 1.165) is 67.5 Å². The smallest absolute Gasteiger partial charge is 0.252 e. The Bertz CT molecular complexity index is 7350. The topological polar surface area (TPSA) is 65.0 Å². The molecule has 0 saturated heterocycles. The van der Waals surface area contributed by atoms with Crippen LogP contribution in [-0.4, -0.2) is 23.4 Å². The third-order valence-electron chi connectivity index (χ3n) is 29.2. The van der Waals surface area contributed by atoms with Crippen molar-refractivity contribution >= 4 is 137 Å². The number of aromatic nitrogens is 2. The molecule has 0 amide bonds. The second-order valence-electron chi connectivity index (χ2n) is 49.9. The van der Waals surface area contributed by atoms with Gasteiger partial charge in [-0.3, -0.25) is 0 Å². The summed E-state index contributed by atoms with van der Waals surface area (Å²) in [4.78, 5) is 20.7. The molecule has 20 rings (SSSR count). The number of fused-ring (bicyclic) bond motifs is 10. The van der Waals surface area contributed by atoms with Crippen molar-refractivity contribution in [2.45, 2.75) is 269 Å². The maximum Gasteiger partial charge on any atom is 0.252 e. The summed E-state index contributed by atoms with van der Waals surface area (Å²) >= 11 is 0. The van der Waals surface area contributed by atoms with Crippen molar-refractivity contribution in [2.24, 2.45) is 0 Å². The van der Waals surface area contributed by atoms with Gasteiger partial charge in [-0.15, -0.1) is 0 Å². The summed E-state index contributed by atoms with van der Waals surface area (Å²) in [6.45, 7) is 71.2. The molecule has 0 atom stereocenters. The number of nitrogens with zero attached hydrogens (tertiary/aromatic N) is 6. The first kappa shape index (κ1) is 93.4. The monoisotopic (exact) mass is 1800 g/mol. The van der Waals surface area contributed by atoms with Crippen LogP contribution in [0.2, 0.25) is 0 Å². The number of anilines is 12. The van der Waals surface area contributed by atoms with Gasteiger partial charge in [0.15, 0.2) is 11.2 Å². The Morgan fingerprint density at radius 3 is 0.723 bits per heavy atom. The minimum Gasteiger partial charge on any atom is -0.436 e. The summed E-state index contributed by atoms with van der Waals surface area (Å²) in [7, 11) is 0. The van der Waals surface area contributed by atoms with Gasteiger partial charge >= 0.3 is 0 Å². The molecule has 0 fully saturated rings. The van der Waals surface area contributed by atoms with Crippen LogP contribution in [0.5, 0.6) is 0 Å². The van der Waals surface area contributed by atoms with Crippen LogP contribution in [-0.2, 0) is 54.1 Å². The van der Waals surface area contributed by atoms with Crippen LogP contribution < -0.4 is 52.4 Å². The van der Waals surface area contributed by atoms with Gasteiger partial charge in [0.1, 0.15) is 11.0 Å². The number of hydrogen-bond acceptors (Lipinski definition) is 8. The second-order valence-corrected chi connectivity index (χ2v) is 49.9. The molecular formula is C127H138B2N6O2. The highest BCUT2D eigenvalue weighted by Gasteiger charge is 2.48. The molecule has 0 unspecified atom stereocenters. The van der Waals surface area contributed by atoms with E-state index in [1.807, 2.05) is 0 Å². The molecule has 4 aliphatic heterocycles. The normalized spacial score (nSPS) is 14.0. The van der Waals surface area contributed by atoms with E-state index >= 15 is 0 Å². The Hall–Kier alpha value is -12.7. The molecule has 2 aromatic heterocycles. The predicted molar refractivity (Wildman–Crippen MR) is 590 cm³/mol. The van der Waals surface area contributed by atoms with Gasteiger partial charge < -0.3 is 28.4 Å². The van der Waals surface area contributed by atoms with E-state index in [1.54, 1.807) is 0 Å². The summed E-state index contributed by atoms with van der Waals surface area (Å²) in [5, 5.41) is 0. The third-order valence-corrected chi connectivity index (χ3v) is 29.2. The van der Waals surface area contributed by atoms with Gasteiger partial charge in [0.05, 0.1) is 0 Å². The molecule has 0 aliphatic carbocycles. The fourth-order valence-electron chi connectivity index (χ4n) is 20.6. The lowest BCUT2D eigenvalue weighted by Gasteiger charge is -2.45. The van der Waals surface area contributed by atoms with Gasteiger partial charge in [-0.2, -0.15) is 0 Å². The van der Waals surface area contributed by atoms with Crippen molar-refractivity contribution in [3.8, 4) is 45.2 Å². The zero-order valence-corrected chi connectivity index (χ0v) is 87.1. The third kappa shape index (κ3) is 17.4. The molecule has 137 heavy (non-hydrogen) atoms. The summed E-state index contributed by atoms with van der Waals surface area (Å²) in [5.74, 6) is 1.24. The van der Waals surface area contributed by atoms with Crippen LogP contribution in [0.3, 0.4) is 0 Å². The summed E-state index contributed by atoms with van der Waals surface area (Å²) < 4.78 is 13.8. The first-order valence-corrected chi connectivity index (χ1v) is 49.7. The highest BCUT2D eigenvalue weighted by atomic mass is 16.4. The van der Waals surface area contributed by atoms with Crippen molar-refractivity contribution in [1.82, 2.24) is 9.97 Å². The molecule has 16 aromatic rings. The molecule has 0 saturated carbocycles. The van der Waals surface area contributed by atoms with Crippen molar-refractivity contribution in [1.29, 1.82) is 0 Å². The summed E-state index contributed by atoms with van der Waals surface area (Å²) in [5.41, 5.74) is 45.9. The van der Waals surface area contributed by atoms with Crippen molar-refractivity contribution in [3.05, 3.63) is 334 Å². The fourth-order valence-corrected chi connectivity index (χ4v) is 20.6. The Balaban J connectivity index is 0.000000175. The minimum atomic E-state index is -0.127. The number of hydrogen-bond donors (Lipinski definition) is 0. The van der Waals surface area contributed by atoms with E-state index in [9.17, 15) is 0 Å². The van der Waals surface area contributed by atoms with Gasteiger partial charge in [0, 0.05) is 79.4 Å². The Morgan fingerprint density at radius 1 is 0.197 bits per heavy atom. The number of benzene rings is 14. The SMILES string of the molecule is CC(C)(C)c1ccc(-c2ccc(-c3nc4cc5c(cc4o3)B3c4cc(C(C)(C)C)ccc4N(c4ccc(C(C)(C)C)cc4)c4cc(C(C)(C)C)cc(c43)N5c3ccc(C(C)(C)C)cc3)cc2)cc1.Cc1cc2c3c(c1)N(c1cc(C(C)(C)C)cc(C(C)(C)C)c1)c1cc4nc(-c5ccc(-c6ccc(C(C)(C)C)cc6)cc5)oc4cc1B3c1cc(C(C)(C)C)ccc1N2c1ccc(C(C)(C)C)cc1. The van der Waals surface area contributed by atoms with E-state index < -0.39 is 0 Å². The maximum absolute atomic E-state index is 6.89. The molecular weight excluding hydrogens is 1660 g/mol. The second kappa shape index (κ2) is 32.8. The van der Waals surface area contributed by atoms with Crippen LogP contribution in [0.4, 0.5) is 68.2 Å². The van der Waals surface area contributed by atoms with Crippen LogP contribution in [0.15, 0.2) is 282 Å². The van der Waals surface area contributed by atoms with Crippen LogP contribution in [0, 0.1) is 6.92 Å². The molecule has 8 nitrogen and oxygen atoms in total. The Kier molecular flexibility index (Phi) is 22.3. The number of rotatable bonds is 8. The highest BCUT2D eigenvalue weighted by Crippen LogP contribution is 2.52. The Labute approximate surface area is 817 Å². The first-order valence-electron chi connectivity index (χ1n) is 49.7. The van der Waals surface area contributed by atoms with E-state index in [2.05, 4.69) is 507 Å². The number of aryl methyl sites for hydroxylation is 1. The quantitative estimate of drug-likeness (QED) is 0.139. The molecule has 0 radical (unpaired) electrons. The van der Waals surface area contributed by atoms with E-state index in [1.165, 1.54) is 150 Å². The molecule has 6 heterocycles. The molecule has 0 N–H and O–H groups in total. The van der Waals surface area contributed by atoms with Crippen molar-refractivity contribution in [2.75, 3.05) is 19.6 Å². The zero-order chi connectivity index (χ0) is 97.8. The van der Waals surface area contributed by atoms with Crippen LogP contribution in [0.1, 0.15) is 269 Å². The summed E-state index contributed by atoms with van der Waals surface area (Å²) in [6, 6.07) is 104. The lowest BCUT2D eigenvalue weighted by molar-refractivity contribution is 0.568. The molecule has 0 bridgehead atoms. The number of oxazole rings is 2. The molecule has 10 heteroatoms. The lowest BCUT2D eigenvalue weighted by atomic mass is 9.33. The molecule has 0 spiro atoms. The van der Waals surface area contributed by atoms with Gasteiger partial charge in [-0.05, 0) is 311 Å². The van der Waals surface area contributed by atoms with Crippen molar-refractivity contribution < 1.29 is 8.83 Å². The summed E-state index contributed by atoms with van der Waals surface area (Å²) in [6.07, 6.45) is 0. The largest absolute Gasteiger partial charge is 0.436 e. The van der Waals surface area contributed by atoms with E-state index in [4.69, 9.17) is 18.8 Å². The predicted octanol–water partition coefficient (Wildman–Crippen LogP) is 31.8. The average Bonchev–Trinajstić information content (AvgIpc) is 1.36. The van der Waals surface area contributed by atoms with Crippen LogP contribution in [0.25, 0.3) is 67.4 Å². The Morgan fingerprint density at radius 2 is 0.431 bits per heavy atom. The average molecular weight is 1800 g/mol. The van der Waals surface area contributed by atoms with Gasteiger partial charge in [0.25, 0.3) is 13.4 Å². The minimum absolute atomic E-state index is 0.0185. The van der Waals surface area contributed by atoms with Gasteiger partial charge in [0.2, 0.25) is 11.8 Å². The standard InChI is InChI=1S/C64H70BN3O.C63H68BN3O/c1-39-31-55-58-56(32-39)68(49-34-46(63(11,12)13)33-47(35-49)64(14,15)16)54-38-52-57(69-59(66-52)42-19-17-40(18-20-42)41-21-23-43(24-22-41)60(2,3)4)37-51(54)65(58)50-36-45(62(8,9)10)27-30-53(50)67(55)48-28-25-44(26-29-48)61(5,6)7;1-59(2,3)42-22-20-40(21-23-42)39-16-18-41(19-17-39)58-65-51-38-53-50(37-56(51)68-58)64-49-34-45(62(10,11)12)28-33-52(49)66(47-29-24-43(25-30-47)60(4,5)6)54-35-46(63(13,14)15)36-55(57(54)64)67(53)48-31-26-44(27-32-48)61(7,8)9/h17-38H,1-16H3;16-38H,1-15H3.